The van der Waals surface area contributed by atoms with Gasteiger partial charge in [0.05, 0.1) is 0 Å². The molecule has 2 N–H and O–H groups in total. The van der Waals surface area contributed by atoms with Crippen LogP contribution in [0, 0.1) is 0 Å². The number of carbonyl (C=O) groups is 1. The highest BCUT2D eigenvalue weighted by molar-refractivity contribution is 7.80. The molecule has 0 amide bonds. The minimum Gasteiger partial charge on any atom is -0.502 e. The topological polar surface area (TPSA) is 57.5 Å². The molecule has 0 aromatic heterocycles. The summed E-state index contributed by atoms with van der Waals surface area (Å²) in [5, 5.41) is 17.4. The van der Waals surface area contributed by atoms with Gasteiger partial charge >= 0.3 is 5.97 Å². The lowest BCUT2D eigenvalue weighted by Crippen LogP contribution is -2.23. The molecular weight excluding hydrogens is 196 g/mol. The van der Waals surface area contributed by atoms with Gasteiger partial charge in [0.1, 0.15) is 0 Å². The highest BCUT2D eigenvalue weighted by atomic mass is 32.1. The molecule has 11 heavy (non-hydrogen) atoms. The first-order valence-electron chi connectivity index (χ1n) is 3.31. The predicted octanol–water partition coefficient (Wildman–Crippen LogP) is -1.42. The van der Waals surface area contributed by atoms with E-state index in [1.165, 1.54) is 0 Å². The fraction of sp³-hybridized carbons (Fsp3) is 0.600. The summed E-state index contributed by atoms with van der Waals surface area (Å²) >= 11 is 4.62. The van der Waals surface area contributed by atoms with E-state index in [0.717, 1.165) is 20.5 Å². The third-order valence-electron chi connectivity index (χ3n) is 1.54. The number of hydrogen-bond donors (Lipinski definition) is 2. The normalized spacial score (nSPS) is 16.0. The molecule has 0 unspecified atom stereocenters. The van der Waals surface area contributed by atoms with Crippen LogP contribution < -0.4 is 0 Å². The van der Waals surface area contributed by atoms with Crippen molar-refractivity contribution >= 4 is 43.7 Å². The summed E-state index contributed by atoms with van der Waals surface area (Å²) in [6.45, 7) is 0. The number of aliphatic hydroxyl groups is 1. The van der Waals surface area contributed by atoms with Gasteiger partial charge in [0, 0.05) is 31.6 Å². The van der Waals surface area contributed by atoms with Crippen molar-refractivity contribution in [3.05, 3.63) is 0 Å². The van der Waals surface area contributed by atoms with Crippen LogP contribution in [0.3, 0.4) is 0 Å². The molecule has 0 bridgehead atoms. The molecule has 0 aliphatic carbocycles. The van der Waals surface area contributed by atoms with E-state index in [2.05, 4.69) is 12.2 Å². The third-order valence-corrected chi connectivity index (χ3v) is 4.77. The van der Waals surface area contributed by atoms with Gasteiger partial charge in [-0.1, -0.05) is 0 Å². The second-order valence-electron chi connectivity index (χ2n) is 3.08. The molecular formula is C5H12O3SSi2. The second-order valence-corrected chi connectivity index (χ2v) is 9.88. The Morgan fingerprint density at radius 1 is 1.45 bits per heavy atom. The molecule has 0 aliphatic heterocycles. The number of hydrogen-bond acceptors (Lipinski definition) is 2. The number of carboxylic acid groups (broad SMARTS) is 1. The largest absolute Gasteiger partial charge is 0.502 e. The van der Waals surface area contributed by atoms with E-state index in [0.29, 0.717) is 6.42 Å². The van der Waals surface area contributed by atoms with E-state index in [-0.39, 0.29) is 16.1 Å². The lowest BCUT2D eigenvalue weighted by Gasteiger charge is -2.19. The standard InChI is InChI=1S/C5H12O3SSi2/c6-3(7)1-2-5(10,11)4(8)9/h1-2H2,10-11H3,(H,6,7)(H,8,9). The fourth-order valence-corrected chi connectivity index (χ4v) is 1.13. The summed E-state index contributed by atoms with van der Waals surface area (Å²) in [5.74, 6) is -0.822. The monoisotopic (exact) mass is 208 g/mol. The Bertz CT molecular complexity index is 181. The molecule has 0 spiro atoms. The van der Waals surface area contributed by atoms with E-state index in [9.17, 15) is 4.79 Å². The predicted molar refractivity (Wildman–Crippen MR) is 54.7 cm³/mol. The van der Waals surface area contributed by atoms with Gasteiger partial charge in [-0.15, -0.1) is 0 Å². The molecule has 0 radical (unpaired) electrons. The maximum atomic E-state index is 10.2. The first-order chi connectivity index (χ1) is 4.86. The quantitative estimate of drug-likeness (QED) is 0.440. The molecule has 0 rings (SSSR count). The van der Waals surface area contributed by atoms with Gasteiger partial charge in [0.2, 0.25) is 0 Å². The van der Waals surface area contributed by atoms with E-state index in [1.807, 2.05) is 0 Å². The van der Waals surface area contributed by atoms with Crippen LogP contribution in [0.1, 0.15) is 12.8 Å². The molecule has 0 saturated carbocycles. The zero-order valence-electron chi connectivity index (χ0n) is 6.63. The molecule has 64 valence electrons. The highest BCUT2D eigenvalue weighted by Crippen LogP contribution is 2.23. The van der Waals surface area contributed by atoms with E-state index >= 15 is 0 Å². The molecule has 0 aromatic rings. The molecule has 3 nitrogen and oxygen atoms in total. The maximum Gasteiger partial charge on any atom is 0.303 e. The lowest BCUT2D eigenvalue weighted by molar-refractivity contribution is -0.137. The first-order valence-corrected chi connectivity index (χ1v) is 5.72. The van der Waals surface area contributed by atoms with Crippen LogP contribution >= 0.6 is 12.2 Å². The summed E-state index contributed by atoms with van der Waals surface area (Å²) in [6.07, 6.45) is 0.601. The van der Waals surface area contributed by atoms with Gasteiger partial charge < -0.3 is 10.2 Å². The van der Waals surface area contributed by atoms with Gasteiger partial charge in [-0.25, -0.2) is 0 Å². The third kappa shape index (κ3) is 4.28. The Morgan fingerprint density at radius 3 is 2.18 bits per heavy atom. The number of thiocarbonyl (C=S) groups is 1. The van der Waals surface area contributed by atoms with Crippen molar-refractivity contribution in [3.63, 3.8) is 0 Å². The molecule has 0 aromatic carbocycles. The fourth-order valence-electron chi connectivity index (χ4n) is 0.526. The Kier molecular flexibility index (Phi) is 3.91. The van der Waals surface area contributed by atoms with Gasteiger partial charge in [0.25, 0.3) is 0 Å². The van der Waals surface area contributed by atoms with Crippen LogP contribution in [0.25, 0.3) is 0 Å². The van der Waals surface area contributed by atoms with Crippen molar-refractivity contribution in [3.8, 4) is 0 Å². The Labute approximate surface area is 76.6 Å². The van der Waals surface area contributed by atoms with Crippen molar-refractivity contribution < 1.29 is 15.0 Å². The van der Waals surface area contributed by atoms with E-state index < -0.39 is 5.97 Å². The molecule has 6 heteroatoms. The SMILES string of the molecule is O=C(O)CCC([SiH3])([SiH3])C(O)=S. The van der Waals surface area contributed by atoms with Crippen LogP contribution in [0.5, 0.6) is 0 Å². The van der Waals surface area contributed by atoms with Crippen LogP contribution in [0.2, 0.25) is 4.66 Å². The Morgan fingerprint density at radius 2 is 1.91 bits per heavy atom. The van der Waals surface area contributed by atoms with E-state index in [1.54, 1.807) is 0 Å². The summed E-state index contributed by atoms with van der Waals surface area (Å²) in [5.41, 5.74) is 0. The van der Waals surface area contributed by atoms with Gasteiger partial charge in [-0.3, -0.25) is 4.79 Å². The minimum absolute atomic E-state index is 0.00270. The average Bonchev–Trinajstić information content (AvgIpc) is 1.84. The maximum absolute atomic E-state index is 10.2. The lowest BCUT2D eigenvalue weighted by atomic mass is 10.2. The van der Waals surface area contributed by atoms with E-state index in [4.69, 9.17) is 10.2 Å². The van der Waals surface area contributed by atoms with Crippen LogP contribution in [0.4, 0.5) is 0 Å². The Balaban J connectivity index is 3.92. The zero-order valence-corrected chi connectivity index (χ0v) is 11.4. The number of aliphatic carboxylic acids is 1. The second kappa shape index (κ2) is 3.98. The summed E-state index contributed by atoms with van der Waals surface area (Å²) in [4.78, 5) is 10.2. The van der Waals surface area contributed by atoms with Crippen molar-refractivity contribution in [2.24, 2.45) is 0 Å². The minimum atomic E-state index is -0.822. The Hall–Kier alpha value is -0.206. The molecule has 0 fully saturated rings. The highest BCUT2D eigenvalue weighted by Gasteiger charge is 2.23. The zero-order chi connectivity index (χ0) is 9.07. The number of aliphatic hydroxyl groups excluding tert-OH is 1. The van der Waals surface area contributed by atoms with Gasteiger partial charge in [-0.05, 0) is 18.6 Å². The number of carboxylic acids is 1. The van der Waals surface area contributed by atoms with Crippen molar-refractivity contribution in [2.75, 3.05) is 0 Å². The summed E-state index contributed by atoms with van der Waals surface area (Å²) in [6, 6.07) is 0. The molecule has 0 heterocycles. The number of rotatable bonds is 4. The summed E-state index contributed by atoms with van der Waals surface area (Å²) in [7, 11) is 1.49. The van der Waals surface area contributed by atoms with Crippen LogP contribution in [0.15, 0.2) is 0 Å². The molecule has 0 aliphatic rings. The van der Waals surface area contributed by atoms with Crippen LogP contribution in [-0.2, 0) is 4.79 Å². The smallest absolute Gasteiger partial charge is 0.303 e. The van der Waals surface area contributed by atoms with Crippen molar-refractivity contribution in [1.29, 1.82) is 0 Å². The van der Waals surface area contributed by atoms with Gasteiger partial charge in [-0.2, -0.15) is 0 Å². The summed E-state index contributed by atoms with van der Waals surface area (Å²) < 4.78 is -0.284. The van der Waals surface area contributed by atoms with Gasteiger partial charge in [0.15, 0.2) is 5.05 Å². The van der Waals surface area contributed by atoms with Crippen LogP contribution in [-0.4, -0.2) is 41.7 Å². The van der Waals surface area contributed by atoms with Crippen molar-refractivity contribution in [1.82, 2.24) is 0 Å². The molecule has 0 saturated heterocycles. The average molecular weight is 208 g/mol. The molecule has 0 atom stereocenters. The van der Waals surface area contributed by atoms with Crippen molar-refractivity contribution in [2.45, 2.75) is 17.5 Å². The first kappa shape index (κ1) is 10.8.